The zero-order valence-corrected chi connectivity index (χ0v) is 13.8. The van der Waals surface area contributed by atoms with Crippen LogP contribution in [0.2, 0.25) is 0 Å². The molecule has 0 amide bonds. The molecule has 4 rings (SSSR count). The van der Waals surface area contributed by atoms with Gasteiger partial charge >= 0.3 is 0 Å². The summed E-state index contributed by atoms with van der Waals surface area (Å²) < 4.78 is 2.23. The van der Waals surface area contributed by atoms with Gasteiger partial charge < -0.3 is 4.57 Å². The first-order valence-electron chi connectivity index (χ1n) is 7.78. The minimum atomic E-state index is -0.0528. The van der Waals surface area contributed by atoms with Crippen LogP contribution in [0.3, 0.4) is 0 Å². The Bertz CT molecular complexity index is 871. The summed E-state index contributed by atoms with van der Waals surface area (Å²) in [5, 5.41) is 5.57. The second-order valence-corrected chi connectivity index (χ2v) is 7.19. The van der Waals surface area contributed by atoms with Crippen molar-refractivity contribution in [1.82, 2.24) is 4.57 Å². The molecule has 0 saturated heterocycles. The highest BCUT2D eigenvalue weighted by Gasteiger charge is 2.43. The van der Waals surface area contributed by atoms with E-state index in [0.29, 0.717) is 5.92 Å². The second-order valence-electron chi connectivity index (χ2n) is 6.41. The minimum Gasteiger partial charge on any atom is -0.350 e. The Morgan fingerprint density at radius 3 is 2.77 bits per heavy atom. The van der Waals surface area contributed by atoms with Gasteiger partial charge in [0.05, 0.1) is 5.41 Å². The van der Waals surface area contributed by atoms with Crippen molar-refractivity contribution < 1.29 is 0 Å². The molecule has 1 fully saturated rings. The highest BCUT2D eigenvalue weighted by Crippen LogP contribution is 2.49. The lowest BCUT2D eigenvalue weighted by atomic mass is 9.78. The molecule has 1 aliphatic carbocycles. The van der Waals surface area contributed by atoms with Crippen molar-refractivity contribution in [1.29, 1.82) is 0 Å². The molecule has 2 aromatic heterocycles. The Kier molecular flexibility index (Phi) is 3.13. The maximum atomic E-state index is 3.63. The van der Waals surface area contributed by atoms with Gasteiger partial charge in [0.2, 0.25) is 0 Å². The van der Waals surface area contributed by atoms with Crippen molar-refractivity contribution in [3.8, 4) is 11.8 Å². The fourth-order valence-corrected chi connectivity index (χ4v) is 3.93. The van der Waals surface area contributed by atoms with E-state index in [0.717, 1.165) is 5.56 Å². The molecular weight excluding hydrogens is 286 g/mol. The maximum Gasteiger partial charge on any atom is 0.0587 e. The summed E-state index contributed by atoms with van der Waals surface area (Å²) in [6.45, 7) is 2.33. The molecule has 0 bridgehead atoms. The zero-order valence-electron chi connectivity index (χ0n) is 13.0. The van der Waals surface area contributed by atoms with Gasteiger partial charge in [-0.15, -0.1) is 0 Å². The lowest BCUT2D eigenvalue weighted by Crippen LogP contribution is -2.22. The fraction of sp³-hybridized carbons (Fsp3) is 0.300. The van der Waals surface area contributed by atoms with Crippen LogP contribution in [-0.4, -0.2) is 4.57 Å². The number of fused-ring (bicyclic) bond motifs is 1. The van der Waals surface area contributed by atoms with E-state index in [4.69, 9.17) is 0 Å². The maximum absolute atomic E-state index is 3.63. The molecule has 0 N–H and O–H groups in total. The van der Waals surface area contributed by atoms with E-state index >= 15 is 0 Å². The average Bonchev–Trinajstić information content (AvgIpc) is 3.17. The van der Waals surface area contributed by atoms with E-state index in [1.54, 1.807) is 11.3 Å². The molecule has 2 heteroatoms. The van der Waals surface area contributed by atoms with Crippen LogP contribution in [0.5, 0.6) is 0 Å². The van der Waals surface area contributed by atoms with Crippen LogP contribution < -0.4 is 0 Å². The van der Waals surface area contributed by atoms with Crippen molar-refractivity contribution >= 4 is 22.2 Å². The molecule has 1 saturated carbocycles. The Morgan fingerprint density at radius 2 is 2.05 bits per heavy atom. The molecule has 1 unspecified atom stereocenters. The molecule has 0 aliphatic heterocycles. The van der Waals surface area contributed by atoms with Crippen LogP contribution in [0.15, 0.2) is 47.3 Å². The molecule has 0 spiro atoms. The highest BCUT2D eigenvalue weighted by molar-refractivity contribution is 7.08. The zero-order chi connectivity index (χ0) is 15.2. The summed E-state index contributed by atoms with van der Waals surface area (Å²) in [4.78, 5) is 0. The molecule has 1 nitrogen and oxygen atoms in total. The first-order chi connectivity index (χ1) is 10.7. The number of para-hydroxylation sites is 1. The second kappa shape index (κ2) is 5.04. The third kappa shape index (κ3) is 2.17. The van der Waals surface area contributed by atoms with Crippen LogP contribution in [-0.2, 0) is 12.5 Å². The SMILES string of the molecule is Cn1cc(C(C)(C#Cc2ccsc2)C2CC2)c2ccccc21. The van der Waals surface area contributed by atoms with Crippen LogP contribution in [0, 0.1) is 17.8 Å². The van der Waals surface area contributed by atoms with Crippen molar-refractivity contribution in [3.05, 3.63) is 58.4 Å². The summed E-state index contributed by atoms with van der Waals surface area (Å²) in [6.07, 6.45) is 4.86. The Balaban J connectivity index is 1.88. The molecule has 1 aromatic carbocycles. The van der Waals surface area contributed by atoms with E-state index in [1.165, 1.54) is 29.3 Å². The number of hydrogen-bond donors (Lipinski definition) is 0. The standard InChI is InChI=1S/C20H19NS/c1-20(16-7-8-16,11-9-15-10-12-22-14-15)18-13-21(2)19-6-4-3-5-17(18)19/h3-6,10,12-14,16H,7-8H2,1-2H3. The molecule has 1 atom stereocenters. The van der Waals surface area contributed by atoms with Crippen LogP contribution >= 0.6 is 11.3 Å². The number of thiophene rings is 1. The van der Waals surface area contributed by atoms with Gasteiger partial charge in [-0.1, -0.05) is 30.0 Å². The van der Waals surface area contributed by atoms with Gasteiger partial charge in [0.25, 0.3) is 0 Å². The summed E-state index contributed by atoms with van der Waals surface area (Å²) in [7, 11) is 2.13. The van der Waals surface area contributed by atoms with Gasteiger partial charge in [-0.05, 0) is 48.8 Å². The van der Waals surface area contributed by atoms with E-state index in [-0.39, 0.29) is 5.41 Å². The molecular formula is C20H19NS. The number of benzene rings is 1. The van der Waals surface area contributed by atoms with E-state index in [2.05, 4.69) is 77.7 Å². The van der Waals surface area contributed by atoms with E-state index in [9.17, 15) is 0 Å². The normalized spacial score (nSPS) is 17.0. The predicted molar refractivity (Wildman–Crippen MR) is 94.2 cm³/mol. The van der Waals surface area contributed by atoms with E-state index < -0.39 is 0 Å². The van der Waals surface area contributed by atoms with Gasteiger partial charge in [-0.3, -0.25) is 0 Å². The largest absolute Gasteiger partial charge is 0.350 e. The smallest absolute Gasteiger partial charge is 0.0587 e. The van der Waals surface area contributed by atoms with Crippen LogP contribution in [0.1, 0.15) is 30.9 Å². The van der Waals surface area contributed by atoms with E-state index in [1.807, 2.05) is 0 Å². The van der Waals surface area contributed by atoms with Crippen molar-refractivity contribution in [3.63, 3.8) is 0 Å². The predicted octanol–water partition coefficient (Wildman–Crippen LogP) is 4.96. The van der Waals surface area contributed by atoms with Gasteiger partial charge in [0.1, 0.15) is 0 Å². The van der Waals surface area contributed by atoms with Crippen LogP contribution in [0.4, 0.5) is 0 Å². The summed E-state index contributed by atoms with van der Waals surface area (Å²) >= 11 is 1.71. The van der Waals surface area contributed by atoms with Gasteiger partial charge in [0, 0.05) is 35.1 Å². The van der Waals surface area contributed by atoms with Crippen molar-refractivity contribution in [2.75, 3.05) is 0 Å². The molecule has 2 heterocycles. The Labute approximate surface area is 135 Å². The summed E-state index contributed by atoms with van der Waals surface area (Å²) in [5.74, 6) is 7.72. The quantitative estimate of drug-likeness (QED) is 0.590. The molecule has 22 heavy (non-hydrogen) atoms. The molecule has 110 valence electrons. The average molecular weight is 305 g/mol. The number of nitrogens with zero attached hydrogens (tertiary/aromatic N) is 1. The van der Waals surface area contributed by atoms with Crippen molar-refractivity contribution in [2.24, 2.45) is 13.0 Å². The number of rotatable bonds is 2. The lowest BCUT2D eigenvalue weighted by Gasteiger charge is -2.23. The monoisotopic (exact) mass is 305 g/mol. The topological polar surface area (TPSA) is 4.93 Å². The first kappa shape index (κ1) is 13.7. The highest BCUT2D eigenvalue weighted by atomic mass is 32.1. The Hall–Kier alpha value is -1.98. The van der Waals surface area contributed by atoms with Gasteiger partial charge in [0.15, 0.2) is 0 Å². The number of aryl methyl sites for hydroxylation is 1. The Morgan fingerprint density at radius 1 is 1.23 bits per heavy atom. The number of aromatic nitrogens is 1. The summed E-state index contributed by atoms with van der Waals surface area (Å²) in [6, 6.07) is 10.8. The third-order valence-electron chi connectivity index (χ3n) is 4.84. The number of hydrogen-bond acceptors (Lipinski definition) is 1. The van der Waals surface area contributed by atoms with Crippen LogP contribution in [0.25, 0.3) is 10.9 Å². The minimum absolute atomic E-state index is 0.0528. The molecule has 0 radical (unpaired) electrons. The first-order valence-corrected chi connectivity index (χ1v) is 8.73. The fourth-order valence-electron chi connectivity index (χ4n) is 3.34. The van der Waals surface area contributed by atoms with Gasteiger partial charge in [-0.2, -0.15) is 11.3 Å². The third-order valence-corrected chi connectivity index (χ3v) is 5.52. The van der Waals surface area contributed by atoms with Crippen molar-refractivity contribution in [2.45, 2.75) is 25.2 Å². The summed E-state index contributed by atoms with van der Waals surface area (Å²) in [5.41, 5.74) is 3.76. The molecule has 3 aromatic rings. The lowest BCUT2D eigenvalue weighted by molar-refractivity contribution is 0.538. The van der Waals surface area contributed by atoms with Gasteiger partial charge in [-0.25, -0.2) is 0 Å². The molecule has 1 aliphatic rings.